The molecule has 0 aliphatic heterocycles. The zero-order valence-electron chi connectivity index (χ0n) is 13.5. The summed E-state index contributed by atoms with van der Waals surface area (Å²) in [5.41, 5.74) is 2.84. The molecule has 2 aromatic rings. The SMILES string of the molecule is COCCn1cncc1CNC(=O)C(C)n1nc(C)cc1C. The highest BCUT2D eigenvalue weighted by atomic mass is 16.5. The molecule has 2 rings (SSSR count). The molecule has 1 atom stereocenters. The summed E-state index contributed by atoms with van der Waals surface area (Å²) in [4.78, 5) is 16.4. The average Bonchev–Trinajstić information content (AvgIpc) is 3.07. The van der Waals surface area contributed by atoms with E-state index in [4.69, 9.17) is 4.74 Å². The second kappa shape index (κ2) is 7.22. The molecule has 0 aliphatic rings. The smallest absolute Gasteiger partial charge is 0.244 e. The number of imidazole rings is 1. The van der Waals surface area contributed by atoms with Crippen LogP contribution in [0.25, 0.3) is 0 Å². The van der Waals surface area contributed by atoms with E-state index in [0.717, 1.165) is 17.1 Å². The summed E-state index contributed by atoms with van der Waals surface area (Å²) in [5.74, 6) is -0.0642. The minimum atomic E-state index is -0.343. The van der Waals surface area contributed by atoms with Crippen LogP contribution in [0, 0.1) is 13.8 Å². The lowest BCUT2D eigenvalue weighted by Gasteiger charge is -2.15. The van der Waals surface area contributed by atoms with Crippen molar-refractivity contribution in [2.24, 2.45) is 0 Å². The van der Waals surface area contributed by atoms with Crippen molar-refractivity contribution in [2.75, 3.05) is 13.7 Å². The Morgan fingerprint density at radius 1 is 1.45 bits per heavy atom. The molecule has 2 heterocycles. The molecule has 0 aromatic carbocycles. The van der Waals surface area contributed by atoms with Gasteiger partial charge in [-0.15, -0.1) is 0 Å². The van der Waals surface area contributed by atoms with E-state index in [1.54, 1.807) is 24.3 Å². The molecule has 22 heavy (non-hydrogen) atoms. The molecular weight excluding hydrogens is 282 g/mol. The van der Waals surface area contributed by atoms with Crippen molar-refractivity contribution in [2.45, 2.75) is 39.9 Å². The van der Waals surface area contributed by atoms with Crippen molar-refractivity contribution in [3.05, 3.63) is 35.7 Å². The number of hydrogen-bond donors (Lipinski definition) is 1. The third-order valence-corrected chi connectivity index (χ3v) is 3.57. The highest BCUT2D eigenvalue weighted by molar-refractivity contribution is 5.79. The quantitative estimate of drug-likeness (QED) is 0.834. The fourth-order valence-corrected chi connectivity index (χ4v) is 2.36. The number of rotatable bonds is 7. The molecule has 0 radical (unpaired) electrons. The summed E-state index contributed by atoms with van der Waals surface area (Å²) >= 11 is 0. The highest BCUT2D eigenvalue weighted by Crippen LogP contribution is 2.11. The molecule has 7 nitrogen and oxygen atoms in total. The van der Waals surface area contributed by atoms with Crippen LogP contribution in [0.2, 0.25) is 0 Å². The lowest BCUT2D eigenvalue weighted by Crippen LogP contribution is -2.32. The van der Waals surface area contributed by atoms with Crippen LogP contribution < -0.4 is 5.32 Å². The number of ether oxygens (including phenoxy) is 1. The van der Waals surface area contributed by atoms with Gasteiger partial charge in [0, 0.05) is 25.5 Å². The van der Waals surface area contributed by atoms with Crippen LogP contribution in [0.5, 0.6) is 0 Å². The third-order valence-electron chi connectivity index (χ3n) is 3.57. The maximum atomic E-state index is 12.3. The number of nitrogens with zero attached hydrogens (tertiary/aromatic N) is 4. The topological polar surface area (TPSA) is 74.0 Å². The van der Waals surface area contributed by atoms with E-state index in [1.165, 1.54) is 0 Å². The summed E-state index contributed by atoms with van der Waals surface area (Å²) in [6.07, 6.45) is 3.49. The van der Waals surface area contributed by atoms with Gasteiger partial charge in [-0.25, -0.2) is 4.98 Å². The Morgan fingerprint density at radius 2 is 2.23 bits per heavy atom. The summed E-state index contributed by atoms with van der Waals surface area (Å²) in [6, 6.07) is 1.62. The molecule has 2 aromatic heterocycles. The van der Waals surface area contributed by atoms with Gasteiger partial charge in [0.15, 0.2) is 0 Å². The van der Waals surface area contributed by atoms with Crippen molar-refractivity contribution in [3.63, 3.8) is 0 Å². The number of carbonyl (C=O) groups is 1. The Labute approximate surface area is 130 Å². The number of hydrogen-bond acceptors (Lipinski definition) is 4. The van der Waals surface area contributed by atoms with Gasteiger partial charge < -0.3 is 14.6 Å². The molecule has 1 amide bonds. The van der Waals surface area contributed by atoms with Crippen LogP contribution >= 0.6 is 0 Å². The van der Waals surface area contributed by atoms with Crippen molar-refractivity contribution >= 4 is 5.91 Å². The van der Waals surface area contributed by atoms with Crippen molar-refractivity contribution in [3.8, 4) is 0 Å². The van der Waals surface area contributed by atoms with Gasteiger partial charge in [-0.1, -0.05) is 0 Å². The second-order valence-corrected chi connectivity index (χ2v) is 5.34. The number of aromatic nitrogens is 4. The number of nitrogens with one attached hydrogen (secondary N) is 1. The monoisotopic (exact) mass is 305 g/mol. The first-order valence-electron chi connectivity index (χ1n) is 7.31. The van der Waals surface area contributed by atoms with Crippen LogP contribution in [0.15, 0.2) is 18.6 Å². The summed E-state index contributed by atoms with van der Waals surface area (Å²) in [6.45, 7) is 7.48. The number of methoxy groups -OCH3 is 1. The molecule has 120 valence electrons. The zero-order chi connectivity index (χ0) is 16.1. The Kier molecular flexibility index (Phi) is 5.32. The van der Waals surface area contributed by atoms with Crippen molar-refractivity contribution in [1.82, 2.24) is 24.6 Å². The van der Waals surface area contributed by atoms with Crippen LogP contribution in [-0.4, -0.2) is 39.0 Å². The minimum absolute atomic E-state index is 0.0642. The summed E-state index contributed by atoms with van der Waals surface area (Å²) in [5, 5.41) is 7.29. The predicted octanol–water partition coefficient (Wildman–Crippen LogP) is 1.22. The standard InChI is InChI=1S/C15H23N5O2/c1-11-7-12(2)20(18-11)13(3)15(21)17-9-14-8-16-10-19(14)5-6-22-4/h7-8,10,13H,5-6,9H2,1-4H3,(H,17,21). The Hall–Kier alpha value is -2.15. The lowest BCUT2D eigenvalue weighted by atomic mass is 10.3. The van der Waals surface area contributed by atoms with Crippen LogP contribution in [0.3, 0.4) is 0 Å². The third kappa shape index (κ3) is 3.73. The van der Waals surface area contributed by atoms with Crippen molar-refractivity contribution in [1.29, 1.82) is 0 Å². The van der Waals surface area contributed by atoms with E-state index in [2.05, 4.69) is 15.4 Å². The Morgan fingerprint density at radius 3 is 2.86 bits per heavy atom. The molecule has 1 N–H and O–H groups in total. The van der Waals surface area contributed by atoms with Crippen molar-refractivity contribution < 1.29 is 9.53 Å². The molecule has 0 spiro atoms. The molecule has 0 aliphatic carbocycles. The number of carbonyl (C=O) groups excluding carboxylic acids is 1. The average molecular weight is 305 g/mol. The van der Waals surface area contributed by atoms with Crippen LogP contribution in [0.1, 0.15) is 30.0 Å². The fraction of sp³-hybridized carbons (Fsp3) is 0.533. The molecule has 0 saturated heterocycles. The maximum Gasteiger partial charge on any atom is 0.244 e. The Bertz CT molecular complexity index is 632. The summed E-state index contributed by atoms with van der Waals surface area (Å²) in [7, 11) is 1.66. The van der Waals surface area contributed by atoms with Gasteiger partial charge in [0.1, 0.15) is 6.04 Å². The van der Waals surface area contributed by atoms with E-state index in [0.29, 0.717) is 19.7 Å². The first-order chi connectivity index (χ1) is 10.5. The normalized spacial score (nSPS) is 12.4. The van der Waals surface area contributed by atoms with Gasteiger partial charge in [-0.3, -0.25) is 9.48 Å². The zero-order valence-corrected chi connectivity index (χ0v) is 13.5. The molecule has 0 fully saturated rings. The van der Waals surface area contributed by atoms with Crippen LogP contribution in [-0.2, 0) is 22.6 Å². The van der Waals surface area contributed by atoms with E-state index in [1.807, 2.05) is 31.4 Å². The highest BCUT2D eigenvalue weighted by Gasteiger charge is 2.17. The number of aryl methyl sites for hydroxylation is 2. The van der Waals surface area contributed by atoms with Gasteiger partial charge in [-0.2, -0.15) is 5.10 Å². The molecule has 0 saturated carbocycles. The lowest BCUT2D eigenvalue weighted by molar-refractivity contribution is -0.124. The van der Waals surface area contributed by atoms with Gasteiger partial charge in [0.25, 0.3) is 0 Å². The van der Waals surface area contributed by atoms with Crippen LogP contribution in [0.4, 0.5) is 0 Å². The Balaban J connectivity index is 1.95. The first-order valence-corrected chi connectivity index (χ1v) is 7.31. The first kappa shape index (κ1) is 16.2. The van der Waals surface area contributed by atoms with E-state index >= 15 is 0 Å². The number of amides is 1. The maximum absolute atomic E-state index is 12.3. The predicted molar refractivity (Wildman–Crippen MR) is 82.4 cm³/mol. The molecule has 7 heteroatoms. The van der Waals surface area contributed by atoms with E-state index in [-0.39, 0.29) is 11.9 Å². The second-order valence-electron chi connectivity index (χ2n) is 5.34. The van der Waals surface area contributed by atoms with Gasteiger partial charge in [0.2, 0.25) is 5.91 Å². The van der Waals surface area contributed by atoms with E-state index in [9.17, 15) is 4.79 Å². The van der Waals surface area contributed by atoms with Gasteiger partial charge in [-0.05, 0) is 26.8 Å². The molecule has 1 unspecified atom stereocenters. The molecule has 0 bridgehead atoms. The largest absolute Gasteiger partial charge is 0.383 e. The van der Waals surface area contributed by atoms with Gasteiger partial charge >= 0.3 is 0 Å². The molecular formula is C15H23N5O2. The summed E-state index contributed by atoms with van der Waals surface area (Å²) < 4.78 is 8.77. The van der Waals surface area contributed by atoms with Gasteiger partial charge in [0.05, 0.1) is 30.9 Å². The van der Waals surface area contributed by atoms with E-state index < -0.39 is 0 Å². The minimum Gasteiger partial charge on any atom is -0.383 e. The fourth-order valence-electron chi connectivity index (χ4n) is 2.36.